The van der Waals surface area contributed by atoms with Crippen LogP contribution < -0.4 is 16.0 Å². The fourth-order valence-corrected chi connectivity index (χ4v) is 1.82. The number of benzene rings is 1. The van der Waals surface area contributed by atoms with Gasteiger partial charge in [-0.3, -0.25) is 4.79 Å². The lowest BCUT2D eigenvalue weighted by atomic mass is 10.2. The molecule has 0 bridgehead atoms. The third-order valence-corrected chi connectivity index (χ3v) is 2.95. The van der Waals surface area contributed by atoms with Gasteiger partial charge in [0.05, 0.1) is 0 Å². The Labute approximate surface area is 153 Å². The molecule has 0 radical (unpaired) electrons. The van der Waals surface area contributed by atoms with E-state index in [0.717, 1.165) is 5.56 Å². The summed E-state index contributed by atoms with van der Waals surface area (Å²) in [5.41, 5.74) is 0.320. The predicted octanol–water partition coefficient (Wildman–Crippen LogP) is 1.94. The first-order chi connectivity index (χ1) is 12.3. The van der Waals surface area contributed by atoms with Crippen LogP contribution in [0.3, 0.4) is 0 Å². The number of rotatable bonds is 8. The molecule has 8 nitrogen and oxygen atoms in total. The normalized spacial score (nSPS) is 10.6. The van der Waals surface area contributed by atoms with Crippen molar-refractivity contribution in [2.24, 2.45) is 0 Å². The van der Waals surface area contributed by atoms with E-state index in [1.165, 1.54) is 0 Å². The van der Waals surface area contributed by atoms with Gasteiger partial charge in [0.15, 0.2) is 0 Å². The van der Waals surface area contributed by atoms with Crippen LogP contribution in [0, 0.1) is 0 Å². The SMILES string of the molecule is CC(C)(C)OC(=O)NCCC(=O)NCCNC(=O)OCc1ccccc1. The van der Waals surface area contributed by atoms with Gasteiger partial charge in [-0.2, -0.15) is 0 Å². The number of carbonyl (C=O) groups is 3. The van der Waals surface area contributed by atoms with Crippen molar-refractivity contribution in [3.8, 4) is 0 Å². The number of ether oxygens (including phenoxy) is 2. The molecule has 8 heteroatoms. The average molecular weight is 365 g/mol. The highest BCUT2D eigenvalue weighted by atomic mass is 16.6. The number of hydrogen-bond donors (Lipinski definition) is 3. The van der Waals surface area contributed by atoms with Crippen molar-refractivity contribution in [2.75, 3.05) is 19.6 Å². The van der Waals surface area contributed by atoms with Gasteiger partial charge in [0.1, 0.15) is 12.2 Å². The molecular formula is C18H27N3O5. The van der Waals surface area contributed by atoms with E-state index in [0.29, 0.717) is 0 Å². The number of hydrogen-bond acceptors (Lipinski definition) is 5. The molecular weight excluding hydrogens is 338 g/mol. The van der Waals surface area contributed by atoms with E-state index in [1.54, 1.807) is 20.8 Å². The van der Waals surface area contributed by atoms with E-state index in [1.807, 2.05) is 30.3 Å². The smallest absolute Gasteiger partial charge is 0.407 e. The third kappa shape index (κ3) is 10.9. The van der Waals surface area contributed by atoms with Crippen LogP contribution >= 0.6 is 0 Å². The molecule has 144 valence electrons. The lowest BCUT2D eigenvalue weighted by Gasteiger charge is -2.19. The third-order valence-electron chi connectivity index (χ3n) is 2.95. The maximum absolute atomic E-state index is 11.6. The molecule has 0 aromatic heterocycles. The summed E-state index contributed by atoms with van der Waals surface area (Å²) in [5.74, 6) is -0.236. The Kier molecular flexibility index (Phi) is 8.97. The van der Waals surface area contributed by atoms with Gasteiger partial charge in [-0.15, -0.1) is 0 Å². The van der Waals surface area contributed by atoms with Gasteiger partial charge in [0.2, 0.25) is 5.91 Å². The second kappa shape index (κ2) is 11.0. The molecule has 26 heavy (non-hydrogen) atoms. The molecule has 1 aromatic carbocycles. The van der Waals surface area contributed by atoms with Crippen molar-refractivity contribution >= 4 is 18.1 Å². The Morgan fingerprint density at radius 2 is 1.50 bits per heavy atom. The van der Waals surface area contributed by atoms with E-state index >= 15 is 0 Å². The summed E-state index contributed by atoms with van der Waals surface area (Å²) in [6, 6.07) is 9.33. The van der Waals surface area contributed by atoms with Crippen molar-refractivity contribution in [3.05, 3.63) is 35.9 Å². The molecule has 0 saturated heterocycles. The number of alkyl carbamates (subject to hydrolysis) is 2. The van der Waals surface area contributed by atoms with Crippen LogP contribution in [0.25, 0.3) is 0 Å². The van der Waals surface area contributed by atoms with Crippen LogP contribution in [0.1, 0.15) is 32.8 Å². The number of carbonyl (C=O) groups excluding carboxylic acids is 3. The highest BCUT2D eigenvalue weighted by Crippen LogP contribution is 2.06. The lowest BCUT2D eigenvalue weighted by Crippen LogP contribution is -2.37. The largest absolute Gasteiger partial charge is 0.445 e. The van der Waals surface area contributed by atoms with Crippen molar-refractivity contribution in [2.45, 2.75) is 39.4 Å². The first-order valence-electron chi connectivity index (χ1n) is 8.44. The molecule has 1 rings (SSSR count). The van der Waals surface area contributed by atoms with Crippen molar-refractivity contribution < 1.29 is 23.9 Å². The highest BCUT2D eigenvalue weighted by molar-refractivity contribution is 5.77. The summed E-state index contributed by atoms with van der Waals surface area (Å²) in [5, 5.41) is 7.67. The average Bonchev–Trinajstić information content (AvgIpc) is 2.56. The minimum Gasteiger partial charge on any atom is -0.445 e. The van der Waals surface area contributed by atoms with Gasteiger partial charge in [-0.05, 0) is 26.3 Å². The molecule has 0 aliphatic rings. The van der Waals surface area contributed by atoms with Gasteiger partial charge in [0.25, 0.3) is 0 Å². The Balaban J connectivity index is 2.03. The molecule has 0 saturated carbocycles. The zero-order chi connectivity index (χ0) is 19.4. The fourth-order valence-electron chi connectivity index (χ4n) is 1.82. The minimum absolute atomic E-state index is 0.123. The zero-order valence-corrected chi connectivity index (χ0v) is 15.5. The van der Waals surface area contributed by atoms with E-state index in [2.05, 4.69) is 16.0 Å². The molecule has 1 aromatic rings. The summed E-state index contributed by atoms with van der Waals surface area (Å²) >= 11 is 0. The molecule has 0 unspecified atom stereocenters. The maximum atomic E-state index is 11.6. The zero-order valence-electron chi connectivity index (χ0n) is 15.5. The monoisotopic (exact) mass is 365 g/mol. The Morgan fingerprint density at radius 3 is 2.15 bits per heavy atom. The molecule has 3 amide bonds. The van der Waals surface area contributed by atoms with Gasteiger partial charge in [-0.1, -0.05) is 30.3 Å². The highest BCUT2D eigenvalue weighted by Gasteiger charge is 2.15. The van der Waals surface area contributed by atoms with E-state index < -0.39 is 17.8 Å². The van der Waals surface area contributed by atoms with Crippen LogP contribution in [-0.4, -0.2) is 43.3 Å². The van der Waals surface area contributed by atoms with Crippen molar-refractivity contribution in [1.82, 2.24) is 16.0 Å². The molecule has 0 spiro atoms. The van der Waals surface area contributed by atoms with Crippen LogP contribution in [-0.2, 0) is 20.9 Å². The van der Waals surface area contributed by atoms with E-state index in [4.69, 9.17) is 9.47 Å². The van der Waals surface area contributed by atoms with Gasteiger partial charge in [-0.25, -0.2) is 9.59 Å². The molecule has 3 N–H and O–H groups in total. The van der Waals surface area contributed by atoms with Crippen LogP contribution in [0.2, 0.25) is 0 Å². The van der Waals surface area contributed by atoms with Gasteiger partial charge < -0.3 is 25.4 Å². The quantitative estimate of drug-likeness (QED) is 0.611. The topological polar surface area (TPSA) is 106 Å². The Bertz CT molecular complexity index is 584. The molecule has 0 aliphatic heterocycles. The van der Waals surface area contributed by atoms with Crippen molar-refractivity contribution in [1.29, 1.82) is 0 Å². The second-order valence-corrected chi connectivity index (χ2v) is 6.52. The van der Waals surface area contributed by atoms with Crippen LogP contribution in [0.4, 0.5) is 9.59 Å². The second-order valence-electron chi connectivity index (χ2n) is 6.52. The number of nitrogens with one attached hydrogen (secondary N) is 3. The summed E-state index contributed by atoms with van der Waals surface area (Å²) in [6.07, 6.45) is -0.986. The summed E-state index contributed by atoms with van der Waals surface area (Å²) in [4.78, 5) is 34.5. The van der Waals surface area contributed by atoms with Crippen LogP contribution in [0.5, 0.6) is 0 Å². The maximum Gasteiger partial charge on any atom is 0.407 e. The molecule has 0 fully saturated rings. The van der Waals surface area contributed by atoms with E-state index in [9.17, 15) is 14.4 Å². The summed E-state index contributed by atoms with van der Waals surface area (Å²) in [6.45, 7) is 6.17. The first-order valence-corrected chi connectivity index (χ1v) is 8.44. The van der Waals surface area contributed by atoms with Gasteiger partial charge in [0, 0.05) is 26.1 Å². The van der Waals surface area contributed by atoms with Crippen LogP contribution in [0.15, 0.2) is 30.3 Å². The van der Waals surface area contributed by atoms with E-state index in [-0.39, 0.29) is 38.6 Å². The molecule has 0 heterocycles. The molecule has 0 aliphatic carbocycles. The minimum atomic E-state index is -0.576. The van der Waals surface area contributed by atoms with Crippen molar-refractivity contribution in [3.63, 3.8) is 0 Å². The Morgan fingerprint density at radius 1 is 0.885 bits per heavy atom. The summed E-state index contributed by atoms with van der Waals surface area (Å²) < 4.78 is 10.1. The van der Waals surface area contributed by atoms with Gasteiger partial charge >= 0.3 is 12.2 Å². The Hall–Kier alpha value is -2.77. The standard InChI is InChI=1S/C18H27N3O5/c1-18(2,3)26-17(24)20-10-9-15(22)19-11-12-21-16(23)25-13-14-7-5-4-6-8-14/h4-8H,9-13H2,1-3H3,(H,19,22)(H,20,24)(H,21,23). The molecule has 0 atom stereocenters. The first kappa shape index (κ1) is 21.3. The summed E-state index contributed by atoms with van der Waals surface area (Å²) in [7, 11) is 0. The number of amides is 3. The fraction of sp³-hybridized carbons (Fsp3) is 0.500. The lowest BCUT2D eigenvalue weighted by molar-refractivity contribution is -0.120. The predicted molar refractivity (Wildman–Crippen MR) is 96.5 cm³/mol.